The molecule has 5 heteroatoms. The average molecular weight is 270 g/mol. The Hall–Kier alpha value is -1.20. The van der Waals surface area contributed by atoms with Gasteiger partial charge in [0.1, 0.15) is 6.61 Å². The maximum Gasteiger partial charge on any atom is 0.320 e. The fourth-order valence-electron chi connectivity index (χ4n) is 1.01. The largest absolute Gasteiger partial charge is 0.460 e. The molecule has 0 aliphatic carbocycles. The molecule has 0 radical (unpaired) electrons. The van der Waals surface area contributed by atoms with Gasteiger partial charge < -0.3 is 15.2 Å². The van der Waals surface area contributed by atoms with Gasteiger partial charge in [0.15, 0.2) is 0 Å². The summed E-state index contributed by atoms with van der Waals surface area (Å²) in [6.45, 7) is 4.45. The van der Waals surface area contributed by atoms with Crippen molar-refractivity contribution in [3.8, 4) is 0 Å². The Balaban J connectivity index is 0.000000873. The summed E-state index contributed by atoms with van der Waals surface area (Å²) < 4.78 is 7.99. The number of hydrogen-bond acceptors (Lipinski definition) is 5. The van der Waals surface area contributed by atoms with E-state index in [0.717, 1.165) is 11.3 Å². The van der Waals surface area contributed by atoms with Crippen molar-refractivity contribution in [2.75, 3.05) is 17.5 Å². The van der Waals surface area contributed by atoms with E-state index in [0.29, 0.717) is 0 Å². The molecule has 0 heterocycles. The van der Waals surface area contributed by atoms with Gasteiger partial charge in [-0.05, 0) is 17.7 Å². The summed E-state index contributed by atoms with van der Waals surface area (Å²) in [6.07, 6.45) is 3.21. The number of ether oxygens (including phenoxy) is 1. The third kappa shape index (κ3) is 7.97. The zero-order chi connectivity index (χ0) is 13.8. The molecule has 18 heavy (non-hydrogen) atoms. The Bertz CT molecular complexity index is 328. The SMILES string of the molecule is CCC.CSNc1ccc(COC(=O)CN)cc1. The minimum atomic E-state index is -0.388. The lowest BCUT2D eigenvalue weighted by Crippen LogP contribution is -2.16. The van der Waals surface area contributed by atoms with E-state index in [-0.39, 0.29) is 19.1 Å². The lowest BCUT2D eigenvalue weighted by molar-refractivity contribution is -0.143. The van der Waals surface area contributed by atoms with E-state index in [1.165, 1.54) is 18.4 Å². The topological polar surface area (TPSA) is 64.3 Å². The first-order chi connectivity index (χ1) is 8.67. The molecule has 102 valence electrons. The van der Waals surface area contributed by atoms with Crippen LogP contribution in [0.2, 0.25) is 0 Å². The van der Waals surface area contributed by atoms with E-state index >= 15 is 0 Å². The van der Waals surface area contributed by atoms with Crippen LogP contribution in [0.3, 0.4) is 0 Å². The predicted molar refractivity (Wildman–Crippen MR) is 78.4 cm³/mol. The lowest BCUT2D eigenvalue weighted by atomic mass is 10.2. The second-order valence-electron chi connectivity index (χ2n) is 3.58. The molecular weight excluding hydrogens is 248 g/mol. The lowest BCUT2D eigenvalue weighted by Gasteiger charge is -2.05. The quantitative estimate of drug-likeness (QED) is 0.636. The van der Waals surface area contributed by atoms with Crippen molar-refractivity contribution >= 4 is 23.6 Å². The van der Waals surface area contributed by atoms with Gasteiger partial charge in [0.05, 0.1) is 6.54 Å². The molecule has 0 amide bonds. The van der Waals surface area contributed by atoms with E-state index in [2.05, 4.69) is 18.6 Å². The van der Waals surface area contributed by atoms with Crippen LogP contribution < -0.4 is 10.5 Å². The summed E-state index contributed by atoms with van der Waals surface area (Å²) in [4.78, 5) is 10.8. The molecule has 0 atom stereocenters. The molecule has 0 saturated carbocycles. The molecule has 0 bridgehead atoms. The minimum absolute atomic E-state index is 0.0773. The number of esters is 1. The molecule has 0 fully saturated rings. The van der Waals surface area contributed by atoms with Gasteiger partial charge in [-0.1, -0.05) is 44.3 Å². The van der Waals surface area contributed by atoms with E-state index < -0.39 is 0 Å². The number of nitrogens with two attached hydrogens (primary N) is 1. The summed E-state index contributed by atoms with van der Waals surface area (Å²) in [7, 11) is 0. The highest BCUT2D eigenvalue weighted by Gasteiger charge is 1.99. The molecule has 0 spiro atoms. The molecule has 0 saturated heterocycles. The Morgan fingerprint density at radius 2 is 1.89 bits per heavy atom. The number of anilines is 1. The van der Waals surface area contributed by atoms with Gasteiger partial charge in [-0.2, -0.15) is 0 Å². The average Bonchev–Trinajstić information content (AvgIpc) is 2.39. The first-order valence-electron chi connectivity index (χ1n) is 5.91. The number of rotatable bonds is 5. The molecule has 1 rings (SSSR count). The van der Waals surface area contributed by atoms with Crippen LogP contribution >= 0.6 is 11.9 Å². The van der Waals surface area contributed by atoms with Gasteiger partial charge in [-0.15, -0.1) is 0 Å². The highest BCUT2D eigenvalue weighted by molar-refractivity contribution is 7.99. The van der Waals surface area contributed by atoms with Gasteiger partial charge in [0.25, 0.3) is 0 Å². The van der Waals surface area contributed by atoms with E-state index in [4.69, 9.17) is 10.5 Å². The Kier molecular flexibility index (Phi) is 10.2. The fraction of sp³-hybridized carbons (Fsp3) is 0.462. The first kappa shape index (κ1) is 16.8. The molecule has 1 aromatic rings. The van der Waals surface area contributed by atoms with Crippen LogP contribution in [0.15, 0.2) is 24.3 Å². The maximum atomic E-state index is 10.8. The number of benzene rings is 1. The number of carbonyl (C=O) groups excluding carboxylic acids is 1. The normalized spacial score (nSPS) is 9.11. The summed E-state index contributed by atoms with van der Waals surface area (Å²) in [6, 6.07) is 7.68. The van der Waals surface area contributed by atoms with Gasteiger partial charge in [0.2, 0.25) is 0 Å². The van der Waals surface area contributed by atoms with E-state index in [9.17, 15) is 4.79 Å². The Morgan fingerprint density at radius 3 is 2.33 bits per heavy atom. The van der Waals surface area contributed by atoms with Gasteiger partial charge in [-0.3, -0.25) is 4.79 Å². The van der Waals surface area contributed by atoms with Gasteiger partial charge in [-0.25, -0.2) is 0 Å². The summed E-state index contributed by atoms with van der Waals surface area (Å²) >= 11 is 1.53. The van der Waals surface area contributed by atoms with Crippen LogP contribution in [-0.4, -0.2) is 18.8 Å². The highest BCUT2D eigenvalue weighted by Crippen LogP contribution is 2.12. The van der Waals surface area contributed by atoms with Crippen molar-refractivity contribution < 1.29 is 9.53 Å². The molecule has 1 aromatic carbocycles. The molecule has 0 aliphatic rings. The highest BCUT2D eigenvalue weighted by atomic mass is 32.2. The molecule has 3 N–H and O–H groups in total. The first-order valence-corrected chi connectivity index (χ1v) is 7.13. The van der Waals surface area contributed by atoms with Crippen LogP contribution in [0.4, 0.5) is 5.69 Å². The van der Waals surface area contributed by atoms with Crippen molar-refractivity contribution in [3.63, 3.8) is 0 Å². The molecule has 4 nitrogen and oxygen atoms in total. The second kappa shape index (κ2) is 10.9. The summed E-state index contributed by atoms with van der Waals surface area (Å²) in [5.74, 6) is -0.388. The molecular formula is C13H22N2O2S. The van der Waals surface area contributed by atoms with E-state index in [1.807, 2.05) is 30.5 Å². The predicted octanol–water partition coefficient (Wildman–Crippen LogP) is 2.79. The number of carbonyl (C=O) groups is 1. The van der Waals surface area contributed by atoms with Crippen molar-refractivity contribution in [3.05, 3.63) is 29.8 Å². The van der Waals surface area contributed by atoms with Crippen LogP contribution in [0, 0.1) is 0 Å². The van der Waals surface area contributed by atoms with Crippen molar-refractivity contribution in [2.24, 2.45) is 5.73 Å². The standard InChI is InChI=1S/C10H14N2O2S.C3H8/c1-15-12-9-4-2-8(3-5-9)7-14-10(13)6-11;1-3-2/h2-5,12H,6-7,11H2,1H3;3H2,1-2H3. The van der Waals surface area contributed by atoms with Crippen LogP contribution in [0.5, 0.6) is 0 Å². The van der Waals surface area contributed by atoms with Crippen LogP contribution in [-0.2, 0) is 16.1 Å². The van der Waals surface area contributed by atoms with Gasteiger partial charge >= 0.3 is 5.97 Å². The van der Waals surface area contributed by atoms with E-state index in [1.54, 1.807) is 0 Å². The third-order valence-corrected chi connectivity index (χ3v) is 2.18. The number of nitrogens with one attached hydrogen (secondary N) is 1. The third-order valence-electron chi connectivity index (χ3n) is 1.74. The smallest absolute Gasteiger partial charge is 0.320 e. The zero-order valence-electron chi connectivity index (χ0n) is 11.2. The summed E-state index contributed by atoms with van der Waals surface area (Å²) in [5.41, 5.74) is 7.08. The van der Waals surface area contributed by atoms with Crippen molar-refractivity contribution in [2.45, 2.75) is 26.9 Å². The fourth-order valence-corrected chi connectivity index (χ4v) is 1.38. The molecule has 0 unspecified atom stereocenters. The monoisotopic (exact) mass is 270 g/mol. The zero-order valence-corrected chi connectivity index (χ0v) is 12.0. The van der Waals surface area contributed by atoms with Gasteiger partial charge in [0, 0.05) is 11.9 Å². The maximum absolute atomic E-state index is 10.8. The second-order valence-corrected chi connectivity index (χ2v) is 4.19. The Morgan fingerprint density at radius 1 is 1.33 bits per heavy atom. The number of hydrogen-bond donors (Lipinski definition) is 2. The van der Waals surface area contributed by atoms with Crippen molar-refractivity contribution in [1.29, 1.82) is 0 Å². The Labute approximate surface area is 113 Å². The minimum Gasteiger partial charge on any atom is -0.460 e. The summed E-state index contributed by atoms with van der Waals surface area (Å²) in [5, 5.41) is 0. The molecule has 0 aromatic heterocycles. The molecule has 0 aliphatic heterocycles. The van der Waals surface area contributed by atoms with Crippen LogP contribution in [0.25, 0.3) is 0 Å². The van der Waals surface area contributed by atoms with Crippen LogP contribution in [0.1, 0.15) is 25.8 Å². The van der Waals surface area contributed by atoms with Crippen molar-refractivity contribution in [1.82, 2.24) is 0 Å².